The number of phenols is 1. The van der Waals surface area contributed by atoms with Crippen molar-refractivity contribution in [3.8, 4) is 22.8 Å². The molecule has 22 heavy (non-hydrogen) atoms. The minimum atomic E-state index is -0.679. The number of para-hydroxylation sites is 1. The fourth-order valence-electron chi connectivity index (χ4n) is 2.22. The largest absolute Gasteiger partial charge is 0.504 e. The van der Waals surface area contributed by atoms with E-state index < -0.39 is 11.6 Å². The van der Waals surface area contributed by atoms with E-state index in [-0.39, 0.29) is 0 Å². The molecule has 0 spiro atoms. The van der Waals surface area contributed by atoms with Gasteiger partial charge in [0.05, 0.1) is 12.8 Å². The summed E-state index contributed by atoms with van der Waals surface area (Å²) >= 11 is 0. The highest BCUT2D eigenvalue weighted by atomic mass is 19.1. The van der Waals surface area contributed by atoms with Crippen LogP contribution in [0.15, 0.2) is 30.7 Å². The number of nitrogens with zero attached hydrogens (tertiary/aromatic N) is 2. The number of aromatic hydroxyl groups is 1. The number of hydrogen-bond acceptors (Lipinski definition) is 4. The average Bonchev–Trinajstić information content (AvgIpc) is 2.54. The third-order valence-electron chi connectivity index (χ3n) is 3.43. The molecule has 1 N–H and O–H groups in total. The lowest BCUT2D eigenvalue weighted by Crippen LogP contribution is -2.01. The molecule has 0 bridgehead atoms. The number of aromatic nitrogens is 2. The van der Waals surface area contributed by atoms with Crippen molar-refractivity contribution < 1.29 is 14.2 Å². The van der Waals surface area contributed by atoms with Crippen molar-refractivity contribution in [2.75, 3.05) is 6.61 Å². The summed E-state index contributed by atoms with van der Waals surface area (Å²) < 4.78 is 19.2. The molecule has 0 fully saturated rings. The molecule has 0 unspecified atom stereocenters. The van der Waals surface area contributed by atoms with Crippen molar-refractivity contribution >= 4 is 0 Å². The Morgan fingerprint density at radius 1 is 1.18 bits per heavy atom. The van der Waals surface area contributed by atoms with Gasteiger partial charge in [-0.1, -0.05) is 38.7 Å². The Bertz CT molecular complexity index is 605. The Labute approximate surface area is 130 Å². The molecule has 0 atom stereocenters. The van der Waals surface area contributed by atoms with Crippen molar-refractivity contribution in [1.82, 2.24) is 9.97 Å². The van der Waals surface area contributed by atoms with Gasteiger partial charge >= 0.3 is 0 Å². The van der Waals surface area contributed by atoms with Crippen LogP contribution in [0.25, 0.3) is 11.3 Å². The molecule has 0 aliphatic carbocycles. The van der Waals surface area contributed by atoms with Crippen LogP contribution in [0, 0.1) is 5.82 Å². The number of benzene rings is 1. The van der Waals surface area contributed by atoms with Gasteiger partial charge in [0.2, 0.25) is 0 Å². The molecule has 0 aliphatic heterocycles. The fraction of sp³-hybridized carbons (Fsp3) is 0.412. The Morgan fingerprint density at radius 2 is 2.00 bits per heavy atom. The monoisotopic (exact) mass is 304 g/mol. The summed E-state index contributed by atoms with van der Waals surface area (Å²) in [7, 11) is 0. The van der Waals surface area contributed by atoms with Gasteiger partial charge in [0.1, 0.15) is 12.0 Å². The lowest BCUT2D eigenvalue weighted by molar-refractivity contribution is 0.303. The zero-order valence-corrected chi connectivity index (χ0v) is 12.8. The first-order valence-electron chi connectivity index (χ1n) is 7.64. The fourth-order valence-corrected chi connectivity index (χ4v) is 2.22. The van der Waals surface area contributed by atoms with Crippen molar-refractivity contribution in [2.24, 2.45) is 0 Å². The van der Waals surface area contributed by atoms with E-state index >= 15 is 0 Å². The molecule has 2 aromatic rings. The third-order valence-corrected chi connectivity index (χ3v) is 3.43. The normalized spacial score (nSPS) is 10.6. The van der Waals surface area contributed by atoms with E-state index in [0.717, 1.165) is 12.8 Å². The molecule has 1 heterocycles. The second kappa shape index (κ2) is 8.32. The maximum absolute atomic E-state index is 13.5. The van der Waals surface area contributed by atoms with Crippen LogP contribution in [0.3, 0.4) is 0 Å². The maximum Gasteiger partial charge on any atom is 0.165 e. The van der Waals surface area contributed by atoms with Gasteiger partial charge in [-0.2, -0.15) is 0 Å². The standard InChI is InChI=1S/C17H21FN2O2/c1-2-3-4-5-6-10-22-15-11-19-12-20-16(15)13-8-7-9-14(18)17(13)21/h7-9,11-12,21H,2-6,10H2,1H3. The quantitative estimate of drug-likeness (QED) is 0.737. The number of rotatable bonds is 8. The van der Waals surface area contributed by atoms with E-state index in [0.29, 0.717) is 23.6 Å². The van der Waals surface area contributed by atoms with Crippen LogP contribution in [-0.4, -0.2) is 21.7 Å². The van der Waals surface area contributed by atoms with Gasteiger partial charge in [0.25, 0.3) is 0 Å². The first-order chi connectivity index (χ1) is 10.7. The topological polar surface area (TPSA) is 55.2 Å². The lowest BCUT2D eigenvalue weighted by Gasteiger charge is -2.11. The predicted octanol–water partition coefficient (Wildman–Crippen LogP) is 4.34. The molecule has 0 saturated carbocycles. The zero-order valence-electron chi connectivity index (χ0n) is 12.8. The summed E-state index contributed by atoms with van der Waals surface area (Å²) in [4.78, 5) is 8.06. The first-order valence-corrected chi connectivity index (χ1v) is 7.64. The molecule has 0 aliphatic rings. The molecule has 5 heteroatoms. The number of phenolic OH excluding ortho intramolecular Hbond substituents is 1. The van der Waals surface area contributed by atoms with Crippen molar-refractivity contribution in [2.45, 2.75) is 39.0 Å². The second-order valence-corrected chi connectivity index (χ2v) is 5.13. The average molecular weight is 304 g/mol. The van der Waals surface area contributed by atoms with Crippen LogP contribution >= 0.6 is 0 Å². The van der Waals surface area contributed by atoms with E-state index in [2.05, 4.69) is 16.9 Å². The molecular weight excluding hydrogens is 283 g/mol. The number of hydrogen-bond donors (Lipinski definition) is 1. The molecule has 118 valence electrons. The SMILES string of the molecule is CCCCCCCOc1cncnc1-c1cccc(F)c1O. The van der Waals surface area contributed by atoms with E-state index in [4.69, 9.17) is 4.74 Å². The van der Waals surface area contributed by atoms with Gasteiger partial charge in [-0.15, -0.1) is 0 Å². The van der Waals surface area contributed by atoms with Crippen LogP contribution in [0.2, 0.25) is 0 Å². The van der Waals surface area contributed by atoms with E-state index in [1.807, 2.05) is 0 Å². The van der Waals surface area contributed by atoms with Gasteiger partial charge in [-0.25, -0.2) is 14.4 Å². The van der Waals surface area contributed by atoms with Crippen molar-refractivity contribution in [3.63, 3.8) is 0 Å². The van der Waals surface area contributed by atoms with E-state index in [9.17, 15) is 9.50 Å². The Balaban J connectivity index is 2.06. The lowest BCUT2D eigenvalue weighted by atomic mass is 10.1. The molecule has 0 saturated heterocycles. The molecule has 2 rings (SSSR count). The third kappa shape index (κ3) is 4.16. The van der Waals surface area contributed by atoms with Crippen molar-refractivity contribution in [3.05, 3.63) is 36.5 Å². The second-order valence-electron chi connectivity index (χ2n) is 5.13. The minimum Gasteiger partial charge on any atom is -0.504 e. The smallest absolute Gasteiger partial charge is 0.165 e. The molecule has 0 amide bonds. The molecule has 0 radical (unpaired) electrons. The van der Waals surface area contributed by atoms with Crippen LogP contribution in [0.4, 0.5) is 4.39 Å². The van der Waals surface area contributed by atoms with Gasteiger partial charge in [0.15, 0.2) is 17.3 Å². The maximum atomic E-state index is 13.5. The first kappa shape index (κ1) is 16.2. The van der Waals surface area contributed by atoms with Crippen LogP contribution in [0.5, 0.6) is 11.5 Å². The van der Waals surface area contributed by atoms with E-state index in [1.165, 1.54) is 37.7 Å². The summed E-state index contributed by atoms with van der Waals surface area (Å²) in [5.41, 5.74) is 0.712. The van der Waals surface area contributed by atoms with Gasteiger partial charge in [-0.05, 0) is 18.6 Å². The summed E-state index contributed by atoms with van der Waals surface area (Å²) in [6.07, 6.45) is 8.59. The van der Waals surface area contributed by atoms with Crippen molar-refractivity contribution in [1.29, 1.82) is 0 Å². The Morgan fingerprint density at radius 3 is 2.82 bits per heavy atom. The van der Waals surface area contributed by atoms with Crippen LogP contribution in [0.1, 0.15) is 39.0 Å². The number of halogens is 1. The Kier molecular flexibility index (Phi) is 6.13. The molecular formula is C17H21FN2O2. The van der Waals surface area contributed by atoms with Gasteiger partial charge in [0, 0.05) is 5.56 Å². The van der Waals surface area contributed by atoms with Crippen LogP contribution in [-0.2, 0) is 0 Å². The van der Waals surface area contributed by atoms with Gasteiger partial charge < -0.3 is 9.84 Å². The molecule has 1 aromatic carbocycles. The summed E-state index contributed by atoms with van der Waals surface area (Å²) in [6.45, 7) is 2.73. The molecule has 1 aromatic heterocycles. The molecule has 4 nitrogen and oxygen atoms in total. The Hall–Kier alpha value is -2.17. The van der Waals surface area contributed by atoms with E-state index in [1.54, 1.807) is 12.3 Å². The number of unbranched alkanes of at least 4 members (excludes halogenated alkanes) is 4. The van der Waals surface area contributed by atoms with Gasteiger partial charge in [-0.3, -0.25) is 0 Å². The van der Waals surface area contributed by atoms with Crippen LogP contribution < -0.4 is 4.74 Å². The summed E-state index contributed by atoms with van der Waals surface area (Å²) in [5.74, 6) is -0.644. The predicted molar refractivity (Wildman–Crippen MR) is 83.3 cm³/mol. The highest BCUT2D eigenvalue weighted by Gasteiger charge is 2.14. The summed E-state index contributed by atoms with van der Waals surface area (Å²) in [5, 5.41) is 9.85. The highest BCUT2D eigenvalue weighted by Crippen LogP contribution is 2.34. The minimum absolute atomic E-state index is 0.309. The zero-order chi connectivity index (χ0) is 15.8. The summed E-state index contributed by atoms with van der Waals surface area (Å²) in [6, 6.07) is 4.34. The number of ether oxygens (including phenoxy) is 1. The highest BCUT2D eigenvalue weighted by molar-refractivity contribution is 5.71.